The molecule has 0 amide bonds. The maximum absolute atomic E-state index is 12.8. The van der Waals surface area contributed by atoms with Crippen LogP contribution in [0.25, 0.3) is 0 Å². The van der Waals surface area contributed by atoms with Crippen LogP contribution in [0.15, 0.2) is 53.4 Å². The highest BCUT2D eigenvalue weighted by Gasteiger charge is 2.13. The van der Waals surface area contributed by atoms with Crippen molar-refractivity contribution < 1.29 is 17.7 Å². The third kappa shape index (κ3) is 4.09. The Balaban J connectivity index is 1.95. The molecule has 22 heavy (non-hydrogen) atoms. The van der Waals surface area contributed by atoms with Gasteiger partial charge in [0.15, 0.2) is 0 Å². The van der Waals surface area contributed by atoms with Crippen molar-refractivity contribution in [1.29, 1.82) is 0 Å². The molecule has 0 aliphatic heterocycles. The number of benzene rings is 2. The maximum Gasteiger partial charge on any atom is 0.269 e. The first-order valence-electron chi connectivity index (χ1n) is 6.37. The summed E-state index contributed by atoms with van der Waals surface area (Å²) in [6.07, 6.45) is 0.387. The van der Waals surface area contributed by atoms with Gasteiger partial charge in [0, 0.05) is 18.7 Å². The summed E-state index contributed by atoms with van der Waals surface area (Å²) >= 11 is 0. The topological polar surface area (TPSA) is 89.3 Å². The predicted molar refractivity (Wildman–Crippen MR) is 78.4 cm³/mol. The summed E-state index contributed by atoms with van der Waals surface area (Å²) in [6.45, 7) is 0.136. The fourth-order valence-electron chi connectivity index (χ4n) is 1.81. The molecule has 0 aliphatic rings. The summed E-state index contributed by atoms with van der Waals surface area (Å²) in [7, 11) is -3.69. The number of hydrogen-bond donors (Lipinski definition) is 1. The standard InChI is InChI=1S/C14H13FN2O4S/c15-12-3-7-14(8-4-12)22(20,21)16-10-9-11-1-5-13(6-2-11)17(18)19/h1-8,16H,9-10H2. The molecule has 0 aliphatic carbocycles. The number of rotatable bonds is 6. The minimum absolute atomic E-state index is 0.0161. The van der Waals surface area contributed by atoms with Crippen molar-refractivity contribution in [3.63, 3.8) is 0 Å². The van der Waals surface area contributed by atoms with E-state index in [0.717, 1.165) is 17.7 Å². The molecule has 1 N–H and O–H groups in total. The monoisotopic (exact) mass is 324 g/mol. The van der Waals surface area contributed by atoms with Crippen molar-refractivity contribution in [2.24, 2.45) is 0 Å². The van der Waals surface area contributed by atoms with Crippen molar-refractivity contribution in [2.75, 3.05) is 6.54 Å². The van der Waals surface area contributed by atoms with Gasteiger partial charge in [-0.1, -0.05) is 12.1 Å². The van der Waals surface area contributed by atoms with Crippen molar-refractivity contribution >= 4 is 15.7 Å². The number of nitro benzene ring substituents is 1. The van der Waals surface area contributed by atoms with Crippen LogP contribution in [0.3, 0.4) is 0 Å². The first-order chi connectivity index (χ1) is 10.4. The molecule has 2 rings (SSSR count). The molecule has 0 bridgehead atoms. The highest BCUT2D eigenvalue weighted by atomic mass is 32.2. The molecule has 0 saturated heterocycles. The Morgan fingerprint density at radius 2 is 1.64 bits per heavy atom. The molecule has 0 fully saturated rings. The van der Waals surface area contributed by atoms with E-state index in [0.29, 0.717) is 6.42 Å². The van der Waals surface area contributed by atoms with Crippen LogP contribution in [-0.4, -0.2) is 19.9 Å². The lowest BCUT2D eigenvalue weighted by Crippen LogP contribution is -2.26. The van der Waals surface area contributed by atoms with E-state index in [9.17, 15) is 22.9 Å². The number of halogens is 1. The number of nitrogens with one attached hydrogen (secondary N) is 1. The van der Waals surface area contributed by atoms with E-state index in [2.05, 4.69) is 4.72 Å². The zero-order valence-corrected chi connectivity index (χ0v) is 12.2. The van der Waals surface area contributed by atoms with Gasteiger partial charge in [0.05, 0.1) is 9.82 Å². The van der Waals surface area contributed by atoms with Gasteiger partial charge in [-0.3, -0.25) is 10.1 Å². The predicted octanol–water partition coefficient (Wildman–Crippen LogP) is 2.25. The van der Waals surface area contributed by atoms with E-state index in [4.69, 9.17) is 0 Å². The summed E-state index contributed by atoms with van der Waals surface area (Å²) in [6, 6.07) is 10.4. The Bertz CT molecular complexity index is 758. The summed E-state index contributed by atoms with van der Waals surface area (Å²) in [5, 5.41) is 10.5. The van der Waals surface area contributed by atoms with Gasteiger partial charge in [-0.25, -0.2) is 17.5 Å². The molecular weight excluding hydrogens is 311 g/mol. The smallest absolute Gasteiger partial charge is 0.258 e. The zero-order chi connectivity index (χ0) is 16.2. The van der Waals surface area contributed by atoms with Crippen molar-refractivity contribution in [3.05, 3.63) is 70.0 Å². The molecule has 0 atom stereocenters. The van der Waals surface area contributed by atoms with E-state index >= 15 is 0 Å². The van der Waals surface area contributed by atoms with Gasteiger partial charge in [0.2, 0.25) is 10.0 Å². The van der Waals surface area contributed by atoms with Gasteiger partial charge in [-0.15, -0.1) is 0 Å². The average molecular weight is 324 g/mol. The van der Waals surface area contributed by atoms with Crippen LogP contribution in [0.5, 0.6) is 0 Å². The fraction of sp³-hybridized carbons (Fsp3) is 0.143. The van der Waals surface area contributed by atoms with Gasteiger partial charge in [-0.2, -0.15) is 0 Å². The summed E-state index contributed by atoms with van der Waals surface area (Å²) < 4.78 is 39.1. The van der Waals surface area contributed by atoms with Crippen LogP contribution in [0, 0.1) is 15.9 Å². The number of nitro groups is 1. The normalized spacial score (nSPS) is 11.3. The fourth-order valence-corrected chi connectivity index (χ4v) is 2.84. The Hall–Kier alpha value is -2.32. The van der Waals surface area contributed by atoms with Gasteiger partial charge in [0.25, 0.3) is 5.69 Å². The second-order valence-corrected chi connectivity index (χ2v) is 6.29. The molecule has 8 heteroatoms. The number of sulfonamides is 1. The van der Waals surface area contributed by atoms with Crippen LogP contribution in [0.4, 0.5) is 10.1 Å². The molecular formula is C14H13FN2O4S. The van der Waals surface area contributed by atoms with Gasteiger partial charge >= 0.3 is 0 Å². The lowest BCUT2D eigenvalue weighted by molar-refractivity contribution is -0.384. The lowest BCUT2D eigenvalue weighted by Gasteiger charge is -2.06. The quantitative estimate of drug-likeness (QED) is 0.652. The zero-order valence-electron chi connectivity index (χ0n) is 11.4. The third-order valence-electron chi connectivity index (χ3n) is 2.98. The number of non-ortho nitro benzene ring substituents is 1. The molecule has 116 valence electrons. The van der Waals surface area contributed by atoms with Crippen molar-refractivity contribution in [1.82, 2.24) is 4.72 Å². The van der Waals surface area contributed by atoms with Crippen LogP contribution in [0.1, 0.15) is 5.56 Å². The molecule has 0 spiro atoms. The van der Waals surface area contributed by atoms with E-state index in [1.165, 1.54) is 24.3 Å². The highest BCUT2D eigenvalue weighted by Crippen LogP contribution is 2.13. The van der Waals surface area contributed by atoms with Gasteiger partial charge < -0.3 is 0 Å². The summed E-state index contributed by atoms with van der Waals surface area (Å²) in [5.41, 5.74) is 0.753. The molecule has 0 saturated carbocycles. The Morgan fingerprint density at radius 3 is 2.18 bits per heavy atom. The van der Waals surface area contributed by atoms with E-state index in [-0.39, 0.29) is 17.1 Å². The second-order valence-electron chi connectivity index (χ2n) is 4.53. The maximum atomic E-state index is 12.8. The van der Waals surface area contributed by atoms with Crippen LogP contribution < -0.4 is 4.72 Å². The average Bonchev–Trinajstić information content (AvgIpc) is 2.48. The van der Waals surface area contributed by atoms with E-state index in [1.807, 2.05) is 0 Å². The first kappa shape index (κ1) is 16.1. The van der Waals surface area contributed by atoms with E-state index < -0.39 is 20.8 Å². The Morgan fingerprint density at radius 1 is 1.05 bits per heavy atom. The van der Waals surface area contributed by atoms with Crippen LogP contribution in [0.2, 0.25) is 0 Å². The SMILES string of the molecule is O=[N+]([O-])c1ccc(CCNS(=O)(=O)c2ccc(F)cc2)cc1. The minimum Gasteiger partial charge on any atom is -0.258 e. The van der Waals surface area contributed by atoms with Crippen molar-refractivity contribution in [2.45, 2.75) is 11.3 Å². The van der Waals surface area contributed by atoms with Crippen LogP contribution >= 0.6 is 0 Å². The lowest BCUT2D eigenvalue weighted by atomic mass is 10.1. The molecule has 0 unspecified atom stereocenters. The number of hydrogen-bond acceptors (Lipinski definition) is 4. The summed E-state index contributed by atoms with van der Waals surface area (Å²) in [5.74, 6) is -0.509. The molecule has 2 aromatic carbocycles. The minimum atomic E-state index is -3.69. The first-order valence-corrected chi connectivity index (χ1v) is 7.85. The second kappa shape index (κ2) is 6.63. The number of nitrogens with zero attached hydrogens (tertiary/aromatic N) is 1. The molecule has 2 aromatic rings. The van der Waals surface area contributed by atoms with Gasteiger partial charge in [0.1, 0.15) is 5.82 Å². The van der Waals surface area contributed by atoms with Crippen molar-refractivity contribution in [3.8, 4) is 0 Å². The summed E-state index contributed by atoms with van der Waals surface area (Å²) in [4.78, 5) is 10.0. The Kier molecular flexibility index (Phi) is 4.84. The van der Waals surface area contributed by atoms with Gasteiger partial charge in [-0.05, 0) is 36.2 Å². The molecule has 0 radical (unpaired) electrons. The molecule has 0 heterocycles. The highest BCUT2D eigenvalue weighted by molar-refractivity contribution is 7.89. The largest absolute Gasteiger partial charge is 0.269 e. The van der Waals surface area contributed by atoms with E-state index in [1.54, 1.807) is 12.1 Å². The Labute approximate surface area is 126 Å². The molecule has 6 nitrogen and oxygen atoms in total. The third-order valence-corrected chi connectivity index (χ3v) is 4.45. The van der Waals surface area contributed by atoms with Crippen LogP contribution in [-0.2, 0) is 16.4 Å². The molecule has 0 aromatic heterocycles.